The second kappa shape index (κ2) is 9.90. The van der Waals surface area contributed by atoms with Gasteiger partial charge in [-0.3, -0.25) is 4.79 Å². The number of nitrogens with zero attached hydrogens (tertiary/aromatic N) is 5. The molecule has 0 N–H and O–H groups in total. The van der Waals surface area contributed by atoms with Crippen LogP contribution in [0.4, 0.5) is 0 Å². The Kier molecular flexibility index (Phi) is 7.28. The highest BCUT2D eigenvalue weighted by Crippen LogP contribution is 2.27. The molecule has 3 rings (SSSR count). The molecule has 30 heavy (non-hydrogen) atoms. The topological polar surface area (TPSA) is 84.1 Å². The minimum Gasteiger partial charge on any atom is -0.492 e. The van der Waals surface area contributed by atoms with Gasteiger partial charge in [0.1, 0.15) is 11.4 Å². The lowest BCUT2D eigenvalue weighted by Crippen LogP contribution is -2.15. The van der Waals surface area contributed by atoms with Gasteiger partial charge in [-0.1, -0.05) is 23.9 Å². The zero-order valence-corrected chi connectivity index (χ0v) is 18.8. The molecule has 0 aliphatic rings. The third-order valence-corrected chi connectivity index (χ3v) is 5.72. The molecule has 0 bridgehead atoms. The van der Waals surface area contributed by atoms with E-state index in [1.165, 1.54) is 11.8 Å². The molecule has 0 radical (unpaired) electrons. The molecule has 1 atom stereocenters. The Morgan fingerprint density at radius 3 is 2.77 bits per heavy atom. The molecule has 9 heteroatoms. The van der Waals surface area contributed by atoms with Crippen molar-refractivity contribution in [3.05, 3.63) is 47.3 Å². The second-order valence-corrected chi connectivity index (χ2v) is 7.89. The van der Waals surface area contributed by atoms with E-state index in [1.807, 2.05) is 51.1 Å². The summed E-state index contributed by atoms with van der Waals surface area (Å²) in [5.41, 5.74) is 3.45. The van der Waals surface area contributed by atoms with E-state index in [4.69, 9.17) is 9.47 Å². The molecule has 0 saturated heterocycles. The number of methoxy groups -OCH3 is 1. The Morgan fingerprint density at radius 1 is 1.27 bits per heavy atom. The number of ether oxygens (including phenoxy) is 2. The van der Waals surface area contributed by atoms with E-state index in [2.05, 4.69) is 27.0 Å². The van der Waals surface area contributed by atoms with Crippen LogP contribution in [-0.2, 0) is 4.74 Å². The first-order valence-electron chi connectivity index (χ1n) is 9.81. The molecule has 0 aliphatic heterocycles. The van der Waals surface area contributed by atoms with Crippen molar-refractivity contribution in [1.82, 2.24) is 24.8 Å². The molecule has 1 aromatic carbocycles. The molecular weight excluding hydrogens is 402 g/mol. The van der Waals surface area contributed by atoms with Gasteiger partial charge >= 0.3 is 0 Å². The maximum Gasteiger partial charge on any atom is 0.214 e. The van der Waals surface area contributed by atoms with E-state index in [0.717, 1.165) is 22.6 Å². The van der Waals surface area contributed by atoms with Crippen LogP contribution in [0.2, 0.25) is 0 Å². The minimum absolute atomic E-state index is 0.0385. The summed E-state index contributed by atoms with van der Waals surface area (Å²) in [5.74, 6) is 0.966. The van der Waals surface area contributed by atoms with E-state index in [9.17, 15) is 4.79 Å². The van der Waals surface area contributed by atoms with Crippen molar-refractivity contribution in [1.29, 1.82) is 0 Å². The van der Waals surface area contributed by atoms with Gasteiger partial charge < -0.3 is 14.0 Å². The SMILES string of the molecule is CCOc1ccccc1-n1nnnc1SCC(=O)c1cc(C)n([C@H](C)COC)c1C. The lowest BCUT2D eigenvalue weighted by atomic mass is 10.2. The van der Waals surface area contributed by atoms with Crippen LogP contribution in [0.1, 0.15) is 41.6 Å². The summed E-state index contributed by atoms with van der Waals surface area (Å²) in [6.07, 6.45) is 0. The van der Waals surface area contributed by atoms with Crippen molar-refractivity contribution >= 4 is 17.5 Å². The van der Waals surface area contributed by atoms with Crippen LogP contribution in [0, 0.1) is 13.8 Å². The van der Waals surface area contributed by atoms with Gasteiger partial charge in [0.15, 0.2) is 5.78 Å². The number of aryl methyl sites for hydroxylation is 1. The summed E-state index contributed by atoms with van der Waals surface area (Å²) in [4.78, 5) is 13.0. The van der Waals surface area contributed by atoms with Gasteiger partial charge in [0.25, 0.3) is 0 Å². The number of thioether (sulfide) groups is 1. The molecule has 2 heterocycles. The first-order chi connectivity index (χ1) is 14.5. The average Bonchev–Trinajstić information content (AvgIpc) is 3.31. The van der Waals surface area contributed by atoms with Crippen molar-refractivity contribution in [3.8, 4) is 11.4 Å². The number of hydrogen-bond donors (Lipinski definition) is 0. The minimum atomic E-state index is 0.0385. The highest BCUT2D eigenvalue weighted by molar-refractivity contribution is 7.99. The molecule has 0 saturated carbocycles. The van der Waals surface area contributed by atoms with Crippen molar-refractivity contribution in [2.75, 3.05) is 26.1 Å². The number of tetrazole rings is 1. The van der Waals surface area contributed by atoms with E-state index < -0.39 is 0 Å². The lowest BCUT2D eigenvalue weighted by Gasteiger charge is -2.17. The molecule has 0 aliphatic carbocycles. The Morgan fingerprint density at radius 2 is 2.03 bits per heavy atom. The van der Waals surface area contributed by atoms with Crippen LogP contribution in [0.3, 0.4) is 0 Å². The maximum atomic E-state index is 13.0. The van der Waals surface area contributed by atoms with Crippen LogP contribution in [0.25, 0.3) is 5.69 Å². The first kappa shape index (κ1) is 22.0. The summed E-state index contributed by atoms with van der Waals surface area (Å²) in [5, 5.41) is 12.5. The third kappa shape index (κ3) is 4.57. The molecule has 2 aromatic heterocycles. The molecule has 0 fully saturated rings. The number of benzene rings is 1. The molecule has 0 spiro atoms. The maximum absolute atomic E-state index is 13.0. The fourth-order valence-electron chi connectivity index (χ4n) is 3.59. The van der Waals surface area contributed by atoms with Crippen LogP contribution >= 0.6 is 11.8 Å². The predicted molar refractivity (Wildman–Crippen MR) is 116 cm³/mol. The highest BCUT2D eigenvalue weighted by atomic mass is 32.2. The number of Topliss-reactive ketones (excluding diaryl/α,β-unsaturated/α-hetero) is 1. The van der Waals surface area contributed by atoms with Gasteiger partial charge in [-0.25, -0.2) is 0 Å². The van der Waals surface area contributed by atoms with Gasteiger partial charge in [-0.05, 0) is 56.3 Å². The van der Waals surface area contributed by atoms with Crippen LogP contribution < -0.4 is 4.74 Å². The van der Waals surface area contributed by atoms with Crippen molar-refractivity contribution in [2.45, 2.75) is 38.9 Å². The van der Waals surface area contributed by atoms with E-state index in [0.29, 0.717) is 24.1 Å². The molecule has 160 valence electrons. The summed E-state index contributed by atoms with van der Waals surface area (Å²) in [6, 6.07) is 9.66. The fraction of sp³-hybridized carbons (Fsp3) is 0.429. The third-order valence-electron chi connectivity index (χ3n) is 4.80. The summed E-state index contributed by atoms with van der Waals surface area (Å²) in [7, 11) is 1.68. The normalized spacial score (nSPS) is 12.2. The first-order valence-corrected chi connectivity index (χ1v) is 10.8. The lowest BCUT2D eigenvalue weighted by molar-refractivity contribution is 0.102. The molecule has 8 nitrogen and oxygen atoms in total. The second-order valence-electron chi connectivity index (χ2n) is 6.95. The molecule has 0 amide bonds. The zero-order valence-electron chi connectivity index (χ0n) is 18.0. The summed E-state index contributed by atoms with van der Waals surface area (Å²) >= 11 is 1.31. The largest absolute Gasteiger partial charge is 0.492 e. The number of ketones is 1. The smallest absolute Gasteiger partial charge is 0.214 e. The predicted octanol–water partition coefficient (Wildman–Crippen LogP) is 3.66. The highest BCUT2D eigenvalue weighted by Gasteiger charge is 2.20. The Labute approximate surface area is 180 Å². The van der Waals surface area contributed by atoms with E-state index in [-0.39, 0.29) is 17.6 Å². The number of carbonyl (C=O) groups is 1. The van der Waals surface area contributed by atoms with Gasteiger partial charge in [-0.2, -0.15) is 4.68 Å². The standard InChI is InChI=1S/C21H27N5O3S/c1-6-29-20-10-8-7-9-18(20)26-21(22-23-24-26)30-13-19(27)17-11-14(2)25(16(17)4)15(3)12-28-5/h7-11,15H,6,12-13H2,1-5H3/t15-/m1/s1. The summed E-state index contributed by atoms with van der Waals surface area (Å²) < 4.78 is 14.7. The Bertz CT molecular complexity index is 1010. The molecular formula is C21H27N5O3S. The molecule has 0 unspecified atom stereocenters. The number of aromatic nitrogens is 5. The van der Waals surface area contributed by atoms with Crippen molar-refractivity contribution in [3.63, 3.8) is 0 Å². The van der Waals surface area contributed by atoms with Gasteiger partial charge in [0.2, 0.25) is 5.16 Å². The van der Waals surface area contributed by atoms with Gasteiger partial charge in [-0.15, -0.1) is 5.10 Å². The number of para-hydroxylation sites is 2. The summed E-state index contributed by atoms with van der Waals surface area (Å²) in [6.45, 7) is 9.11. The van der Waals surface area contributed by atoms with Crippen LogP contribution in [0.15, 0.2) is 35.5 Å². The number of carbonyl (C=O) groups excluding carboxylic acids is 1. The van der Waals surface area contributed by atoms with Gasteiger partial charge in [0, 0.05) is 24.1 Å². The van der Waals surface area contributed by atoms with E-state index in [1.54, 1.807) is 11.8 Å². The molecule has 3 aromatic rings. The zero-order chi connectivity index (χ0) is 21.7. The quantitative estimate of drug-likeness (QED) is 0.359. The van der Waals surface area contributed by atoms with Crippen LogP contribution in [-0.4, -0.2) is 56.6 Å². The van der Waals surface area contributed by atoms with E-state index >= 15 is 0 Å². The van der Waals surface area contributed by atoms with Crippen LogP contribution in [0.5, 0.6) is 5.75 Å². The van der Waals surface area contributed by atoms with Gasteiger partial charge in [0.05, 0.1) is 25.0 Å². The monoisotopic (exact) mass is 429 g/mol. The Balaban J connectivity index is 1.78. The average molecular weight is 430 g/mol. The van der Waals surface area contributed by atoms with Crippen molar-refractivity contribution in [2.24, 2.45) is 0 Å². The number of hydrogen-bond acceptors (Lipinski definition) is 7. The Hall–Kier alpha value is -2.65. The number of rotatable bonds is 10. The fourth-order valence-corrected chi connectivity index (χ4v) is 4.36. The van der Waals surface area contributed by atoms with Crippen molar-refractivity contribution < 1.29 is 14.3 Å².